The van der Waals surface area contributed by atoms with Crippen LogP contribution < -0.4 is 5.32 Å². The van der Waals surface area contributed by atoms with Gasteiger partial charge in [0, 0.05) is 25.3 Å². The van der Waals surface area contributed by atoms with Crippen molar-refractivity contribution in [1.82, 2.24) is 19.5 Å². The second kappa shape index (κ2) is 6.30. The minimum absolute atomic E-state index is 0.232. The molecule has 2 aromatic heterocycles. The Morgan fingerprint density at radius 3 is 2.67 bits per heavy atom. The van der Waals surface area contributed by atoms with Crippen molar-refractivity contribution >= 4 is 17.7 Å². The lowest BCUT2D eigenvalue weighted by Crippen LogP contribution is -2.44. The van der Waals surface area contributed by atoms with Crippen molar-refractivity contribution in [1.29, 1.82) is 0 Å². The van der Waals surface area contributed by atoms with E-state index in [4.69, 9.17) is 4.74 Å². The van der Waals surface area contributed by atoms with Crippen LogP contribution in [0.15, 0.2) is 18.3 Å². The summed E-state index contributed by atoms with van der Waals surface area (Å²) in [5, 5.41) is 11.9. The van der Waals surface area contributed by atoms with Gasteiger partial charge >= 0.3 is 6.09 Å². The Bertz CT molecular complexity index is 726. The number of aromatic nitrogens is 3. The van der Waals surface area contributed by atoms with Gasteiger partial charge in [-0.3, -0.25) is 4.40 Å². The molecular formula is C17H25N5O2. The lowest BCUT2D eigenvalue weighted by Gasteiger charge is -2.33. The summed E-state index contributed by atoms with van der Waals surface area (Å²) in [6.07, 6.45) is 3.45. The van der Waals surface area contributed by atoms with Crippen LogP contribution in [-0.4, -0.2) is 50.3 Å². The monoisotopic (exact) mass is 331 g/mol. The summed E-state index contributed by atoms with van der Waals surface area (Å²) in [6, 6.07) is 4.28. The highest BCUT2D eigenvalue weighted by Crippen LogP contribution is 2.19. The Labute approximate surface area is 142 Å². The van der Waals surface area contributed by atoms with Crippen LogP contribution in [0.4, 0.5) is 10.7 Å². The highest BCUT2D eigenvalue weighted by atomic mass is 16.6. The predicted molar refractivity (Wildman–Crippen MR) is 92.2 cm³/mol. The SMILES string of the molecule is Cc1cccn2c(NC3CCN(C(=O)OC(C)(C)C)CC3)nnc12. The second-order valence-corrected chi connectivity index (χ2v) is 7.29. The number of carbonyl (C=O) groups excluding carboxylic acids is 1. The molecule has 7 heteroatoms. The summed E-state index contributed by atoms with van der Waals surface area (Å²) >= 11 is 0. The van der Waals surface area contributed by atoms with Crippen LogP contribution in [0.25, 0.3) is 5.65 Å². The van der Waals surface area contributed by atoms with Crippen LogP contribution in [0.2, 0.25) is 0 Å². The first-order chi connectivity index (χ1) is 11.3. The number of aryl methyl sites for hydroxylation is 1. The first-order valence-electron chi connectivity index (χ1n) is 8.38. The van der Waals surface area contributed by atoms with E-state index >= 15 is 0 Å². The third-order valence-corrected chi connectivity index (χ3v) is 4.11. The van der Waals surface area contributed by atoms with E-state index in [1.807, 2.05) is 50.4 Å². The number of nitrogens with zero attached hydrogens (tertiary/aromatic N) is 4. The van der Waals surface area contributed by atoms with Gasteiger partial charge in [-0.1, -0.05) is 6.07 Å². The van der Waals surface area contributed by atoms with Crippen LogP contribution >= 0.6 is 0 Å². The second-order valence-electron chi connectivity index (χ2n) is 7.29. The molecule has 1 aliphatic heterocycles. The Morgan fingerprint density at radius 2 is 2.00 bits per heavy atom. The molecular weight excluding hydrogens is 306 g/mol. The molecule has 0 bridgehead atoms. The molecule has 1 amide bonds. The van der Waals surface area contributed by atoms with E-state index < -0.39 is 5.60 Å². The molecule has 0 atom stereocenters. The summed E-state index contributed by atoms with van der Waals surface area (Å²) in [5.74, 6) is 0.754. The molecule has 1 aliphatic rings. The number of amides is 1. The van der Waals surface area contributed by atoms with Gasteiger partial charge in [0.25, 0.3) is 0 Å². The van der Waals surface area contributed by atoms with E-state index in [0.717, 1.165) is 30.0 Å². The van der Waals surface area contributed by atoms with E-state index in [1.165, 1.54) is 0 Å². The Morgan fingerprint density at radius 1 is 1.29 bits per heavy atom. The van der Waals surface area contributed by atoms with Crippen LogP contribution in [0.3, 0.4) is 0 Å². The van der Waals surface area contributed by atoms with Gasteiger partial charge in [-0.25, -0.2) is 4.79 Å². The predicted octanol–water partition coefficient (Wildman–Crippen LogP) is 2.85. The number of fused-ring (bicyclic) bond motifs is 1. The topological polar surface area (TPSA) is 71.8 Å². The number of anilines is 1. The van der Waals surface area contributed by atoms with Crippen LogP contribution in [-0.2, 0) is 4.74 Å². The fourth-order valence-electron chi connectivity index (χ4n) is 2.86. The molecule has 3 rings (SSSR count). The molecule has 1 N–H and O–H groups in total. The molecule has 2 aromatic rings. The third kappa shape index (κ3) is 3.60. The molecule has 130 valence electrons. The summed E-state index contributed by atoms with van der Waals surface area (Å²) in [6.45, 7) is 9.05. The molecule has 0 spiro atoms. The average Bonchev–Trinajstić information content (AvgIpc) is 2.91. The Kier molecular flexibility index (Phi) is 4.34. The van der Waals surface area contributed by atoms with Crippen molar-refractivity contribution in [3.63, 3.8) is 0 Å². The maximum atomic E-state index is 12.1. The van der Waals surface area contributed by atoms with Crippen molar-refractivity contribution < 1.29 is 9.53 Å². The summed E-state index contributed by atoms with van der Waals surface area (Å²) in [4.78, 5) is 13.9. The van der Waals surface area contributed by atoms with E-state index in [2.05, 4.69) is 15.5 Å². The average molecular weight is 331 g/mol. The molecule has 0 aromatic carbocycles. The zero-order valence-electron chi connectivity index (χ0n) is 14.7. The number of hydrogen-bond donors (Lipinski definition) is 1. The van der Waals surface area contributed by atoms with Crippen LogP contribution in [0.1, 0.15) is 39.2 Å². The Hall–Kier alpha value is -2.31. The number of carbonyl (C=O) groups is 1. The standard InChI is InChI=1S/C17H25N5O2/c1-12-6-5-9-22-14(12)19-20-15(22)18-13-7-10-21(11-8-13)16(23)24-17(2,3)4/h5-6,9,13H,7-8,10-11H2,1-4H3,(H,18,20). The van der Waals surface area contributed by atoms with Gasteiger partial charge in [-0.15, -0.1) is 10.2 Å². The minimum Gasteiger partial charge on any atom is -0.444 e. The van der Waals surface area contributed by atoms with E-state index in [0.29, 0.717) is 13.1 Å². The summed E-state index contributed by atoms with van der Waals surface area (Å²) in [5.41, 5.74) is 1.51. The molecule has 0 saturated carbocycles. The summed E-state index contributed by atoms with van der Waals surface area (Å²) in [7, 11) is 0. The number of pyridine rings is 1. The molecule has 7 nitrogen and oxygen atoms in total. The van der Waals surface area contributed by atoms with Crippen LogP contribution in [0, 0.1) is 6.92 Å². The molecule has 1 fully saturated rings. The Balaban J connectivity index is 1.59. The first-order valence-corrected chi connectivity index (χ1v) is 8.38. The molecule has 3 heterocycles. The molecule has 1 saturated heterocycles. The van der Waals surface area contributed by atoms with Crippen molar-refractivity contribution in [2.45, 2.75) is 52.2 Å². The number of hydrogen-bond acceptors (Lipinski definition) is 5. The smallest absolute Gasteiger partial charge is 0.410 e. The maximum absolute atomic E-state index is 12.1. The van der Waals surface area contributed by atoms with E-state index in [-0.39, 0.29) is 12.1 Å². The van der Waals surface area contributed by atoms with Gasteiger partial charge in [0.05, 0.1) is 0 Å². The molecule has 0 unspecified atom stereocenters. The lowest BCUT2D eigenvalue weighted by atomic mass is 10.1. The van der Waals surface area contributed by atoms with Gasteiger partial charge in [0.15, 0.2) is 5.65 Å². The van der Waals surface area contributed by atoms with Gasteiger partial charge in [0.1, 0.15) is 5.60 Å². The number of piperidine rings is 1. The minimum atomic E-state index is -0.454. The highest BCUT2D eigenvalue weighted by Gasteiger charge is 2.27. The van der Waals surface area contributed by atoms with Crippen LogP contribution in [0.5, 0.6) is 0 Å². The third-order valence-electron chi connectivity index (χ3n) is 4.11. The van der Waals surface area contributed by atoms with Crippen molar-refractivity contribution in [3.8, 4) is 0 Å². The largest absolute Gasteiger partial charge is 0.444 e. The van der Waals surface area contributed by atoms with Crippen molar-refractivity contribution in [2.75, 3.05) is 18.4 Å². The quantitative estimate of drug-likeness (QED) is 0.916. The normalized spacial score (nSPS) is 16.4. The zero-order chi connectivity index (χ0) is 17.3. The number of rotatable bonds is 2. The number of nitrogens with one attached hydrogen (secondary N) is 1. The summed E-state index contributed by atoms with van der Waals surface area (Å²) < 4.78 is 7.40. The van der Waals surface area contributed by atoms with Gasteiger partial charge in [0.2, 0.25) is 5.95 Å². The van der Waals surface area contributed by atoms with E-state index in [9.17, 15) is 4.79 Å². The van der Waals surface area contributed by atoms with Crippen molar-refractivity contribution in [3.05, 3.63) is 23.9 Å². The molecule has 0 aliphatic carbocycles. The molecule has 24 heavy (non-hydrogen) atoms. The van der Waals surface area contributed by atoms with Crippen molar-refractivity contribution in [2.24, 2.45) is 0 Å². The first kappa shape index (κ1) is 16.5. The number of likely N-dealkylation sites (tertiary alicyclic amines) is 1. The highest BCUT2D eigenvalue weighted by molar-refractivity contribution is 5.68. The maximum Gasteiger partial charge on any atom is 0.410 e. The number of ether oxygens (including phenoxy) is 1. The lowest BCUT2D eigenvalue weighted by molar-refractivity contribution is 0.0210. The molecule has 0 radical (unpaired) electrons. The fourth-order valence-corrected chi connectivity index (χ4v) is 2.86. The fraction of sp³-hybridized carbons (Fsp3) is 0.588. The zero-order valence-corrected chi connectivity index (χ0v) is 14.7. The van der Waals surface area contributed by atoms with Gasteiger partial charge in [-0.05, 0) is 52.2 Å². The van der Waals surface area contributed by atoms with E-state index in [1.54, 1.807) is 4.90 Å². The van der Waals surface area contributed by atoms with Gasteiger partial charge < -0.3 is 15.0 Å². The van der Waals surface area contributed by atoms with Gasteiger partial charge in [-0.2, -0.15) is 0 Å².